The number of alkyl halides is 13. The van der Waals surface area contributed by atoms with Crippen LogP contribution < -0.4 is 0 Å². The van der Waals surface area contributed by atoms with Crippen LogP contribution in [0, 0.1) is 0 Å². The average Bonchev–Trinajstić information content (AvgIpc) is 2.35. The SMILES string of the molecule is CCOC(=O)CC(F)(F)C(F)(F)C(F)(F)C(F)(F)C(F)(F)C(F)(F)Cl. The number of hydrogen-bond acceptors (Lipinski definition) is 2. The molecule has 0 spiro atoms. The van der Waals surface area contributed by atoms with Gasteiger partial charge in [0, 0.05) is 0 Å². The average molecular weight is 423 g/mol. The van der Waals surface area contributed by atoms with E-state index in [9.17, 15) is 57.5 Å². The summed E-state index contributed by atoms with van der Waals surface area (Å²) >= 11 is 3.50. The van der Waals surface area contributed by atoms with Crippen LogP contribution in [0.25, 0.3) is 0 Å². The second-order valence-electron chi connectivity index (χ2n) is 4.48. The second kappa shape index (κ2) is 6.58. The summed E-state index contributed by atoms with van der Waals surface area (Å²) in [6, 6.07) is 0. The molecule has 0 amide bonds. The Morgan fingerprint density at radius 1 is 0.760 bits per heavy atom. The highest BCUT2D eigenvalue weighted by atomic mass is 35.5. The van der Waals surface area contributed by atoms with Gasteiger partial charge in [0.2, 0.25) is 0 Å². The molecule has 0 aromatic carbocycles. The molecule has 15 heteroatoms. The first-order chi connectivity index (χ1) is 10.7. The number of esters is 1. The van der Waals surface area contributed by atoms with Crippen molar-refractivity contribution < 1.29 is 62.2 Å². The maximum absolute atomic E-state index is 13.2. The van der Waals surface area contributed by atoms with E-state index in [4.69, 9.17) is 0 Å². The summed E-state index contributed by atoms with van der Waals surface area (Å²) in [7, 11) is 0. The summed E-state index contributed by atoms with van der Waals surface area (Å²) in [5.41, 5.74) is 0. The molecule has 2 nitrogen and oxygen atoms in total. The van der Waals surface area contributed by atoms with Gasteiger partial charge in [-0.1, -0.05) is 0 Å². The van der Waals surface area contributed by atoms with E-state index < -0.39 is 54.0 Å². The molecule has 0 fully saturated rings. The molecule has 0 heterocycles. The number of rotatable bonds is 8. The minimum absolute atomic E-state index is 0.705. The maximum atomic E-state index is 13.2. The van der Waals surface area contributed by atoms with Gasteiger partial charge in [-0.2, -0.15) is 52.7 Å². The fourth-order valence-corrected chi connectivity index (χ4v) is 1.43. The van der Waals surface area contributed by atoms with Crippen LogP contribution in [0.2, 0.25) is 0 Å². The zero-order chi connectivity index (χ0) is 20.7. The summed E-state index contributed by atoms with van der Waals surface area (Å²) in [5.74, 6) is -38.8. The summed E-state index contributed by atoms with van der Waals surface area (Å²) in [6.07, 6.45) is -2.91. The van der Waals surface area contributed by atoms with E-state index in [-0.39, 0.29) is 0 Å². The maximum Gasteiger partial charge on any atom is 0.393 e. The standard InChI is InChI=1S/C10H7ClF12O2/c1-2-25-4(24)3-5(12,13)6(14,15)7(16,17)8(18,19)9(20,21)10(11,22)23/h2-3H2,1H3. The van der Waals surface area contributed by atoms with Crippen molar-refractivity contribution in [3.8, 4) is 0 Å². The van der Waals surface area contributed by atoms with Gasteiger partial charge >= 0.3 is 41.0 Å². The highest BCUT2D eigenvalue weighted by molar-refractivity contribution is 6.22. The van der Waals surface area contributed by atoms with Crippen LogP contribution in [0.3, 0.4) is 0 Å². The van der Waals surface area contributed by atoms with Gasteiger partial charge in [0.25, 0.3) is 0 Å². The lowest BCUT2D eigenvalue weighted by molar-refractivity contribution is -0.416. The van der Waals surface area contributed by atoms with E-state index in [0.717, 1.165) is 6.92 Å². The molecule has 0 rings (SSSR count). The molecule has 0 radical (unpaired) electrons. The largest absolute Gasteiger partial charge is 0.466 e. The Bertz CT molecular complexity index is 499. The third kappa shape index (κ3) is 3.72. The van der Waals surface area contributed by atoms with Crippen LogP contribution in [0.1, 0.15) is 13.3 Å². The Morgan fingerprint density at radius 3 is 1.44 bits per heavy atom. The van der Waals surface area contributed by atoms with Crippen molar-refractivity contribution in [1.29, 1.82) is 0 Å². The molecule has 0 aliphatic rings. The van der Waals surface area contributed by atoms with Crippen molar-refractivity contribution in [1.82, 2.24) is 0 Å². The van der Waals surface area contributed by atoms with Gasteiger partial charge < -0.3 is 4.74 Å². The highest BCUT2D eigenvalue weighted by Gasteiger charge is 2.90. The minimum Gasteiger partial charge on any atom is -0.466 e. The van der Waals surface area contributed by atoms with Crippen molar-refractivity contribution in [2.24, 2.45) is 0 Å². The summed E-state index contributed by atoms with van der Waals surface area (Å²) in [5, 5.41) is -6.49. The van der Waals surface area contributed by atoms with Gasteiger partial charge in [0.05, 0.1) is 6.61 Å². The second-order valence-corrected chi connectivity index (χ2v) is 4.96. The lowest BCUT2D eigenvalue weighted by Crippen LogP contribution is -2.70. The van der Waals surface area contributed by atoms with Crippen molar-refractivity contribution in [3.63, 3.8) is 0 Å². The first kappa shape index (κ1) is 23.9. The predicted molar refractivity (Wildman–Crippen MR) is 56.8 cm³/mol. The minimum atomic E-state index is -7.74. The van der Waals surface area contributed by atoms with E-state index in [2.05, 4.69) is 16.3 Å². The van der Waals surface area contributed by atoms with Crippen molar-refractivity contribution in [2.45, 2.75) is 48.3 Å². The molecule has 0 aliphatic heterocycles. The van der Waals surface area contributed by atoms with Crippen LogP contribution in [0.4, 0.5) is 52.7 Å². The number of halogens is 13. The number of ether oxygens (including phenoxy) is 1. The van der Waals surface area contributed by atoms with E-state index in [1.807, 2.05) is 0 Å². The molecule has 0 N–H and O–H groups in total. The summed E-state index contributed by atoms with van der Waals surface area (Å²) < 4.78 is 159. The first-order valence-corrected chi connectivity index (χ1v) is 6.20. The third-order valence-corrected chi connectivity index (χ3v) is 2.91. The number of carbonyl (C=O) groups is 1. The molecule has 25 heavy (non-hydrogen) atoms. The van der Waals surface area contributed by atoms with E-state index in [1.54, 1.807) is 0 Å². The topological polar surface area (TPSA) is 26.3 Å². The molecule has 0 aliphatic carbocycles. The van der Waals surface area contributed by atoms with Crippen molar-refractivity contribution in [2.75, 3.05) is 6.61 Å². The van der Waals surface area contributed by atoms with Crippen LogP contribution >= 0.6 is 11.6 Å². The number of hydrogen-bond donors (Lipinski definition) is 0. The molecule has 0 aromatic heterocycles. The van der Waals surface area contributed by atoms with E-state index in [0.29, 0.717) is 0 Å². The number of carbonyl (C=O) groups excluding carboxylic acids is 1. The Kier molecular flexibility index (Phi) is 6.29. The van der Waals surface area contributed by atoms with Gasteiger partial charge in [-0.3, -0.25) is 4.79 Å². The van der Waals surface area contributed by atoms with E-state index in [1.165, 1.54) is 0 Å². The van der Waals surface area contributed by atoms with Gasteiger partial charge in [0.1, 0.15) is 6.42 Å². The molecule has 0 unspecified atom stereocenters. The molecule has 0 saturated carbocycles. The molecule has 150 valence electrons. The first-order valence-electron chi connectivity index (χ1n) is 5.82. The molecule has 0 atom stereocenters. The van der Waals surface area contributed by atoms with Crippen LogP contribution in [0.5, 0.6) is 0 Å². The Morgan fingerprint density at radius 2 is 1.12 bits per heavy atom. The Labute approximate surface area is 136 Å². The molecule has 0 saturated heterocycles. The zero-order valence-electron chi connectivity index (χ0n) is 11.6. The van der Waals surface area contributed by atoms with Crippen molar-refractivity contribution in [3.05, 3.63) is 0 Å². The predicted octanol–water partition coefficient (Wildman–Crippen LogP) is 4.95. The van der Waals surface area contributed by atoms with Crippen LogP contribution in [-0.4, -0.2) is 47.6 Å². The summed E-state index contributed by atoms with van der Waals surface area (Å²) in [6.45, 7) is 0.267. The smallest absolute Gasteiger partial charge is 0.393 e. The normalized spacial score (nSPS) is 15.3. The fourth-order valence-electron chi connectivity index (χ4n) is 1.31. The highest BCUT2D eigenvalue weighted by Crippen LogP contribution is 2.61. The quantitative estimate of drug-likeness (QED) is 0.314. The Hall–Kier alpha value is -1.08. The molecule has 0 bridgehead atoms. The summed E-state index contributed by atoms with van der Waals surface area (Å²) in [4.78, 5) is 10.7. The third-order valence-electron chi connectivity index (χ3n) is 2.67. The van der Waals surface area contributed by atoms with Crippen LogP contribution in [0.15, 0.2) is 0 Å². The Balaban J connectivity index is 6.07. The molecular formula is C10H7ClF12O2. The fraction of sp³-hybridized carbons (Fsp3) is 0.900. The lowest BCUT2D eigenvalue weighted by atomic mass is 9.93. The van der Waals surface area contributed by atoms with Gasteiger partial charge in [-0.05, 0) is 18.5 Å². The van der Waals surface area contributed by atoms with Gasteiger partial charge in [0.15, 0.2) is 0 Å². The van der Waals surface area contributed by atoms with Crippen LogP contribution in [-0.2, 0) is 9.53 Å². The molecule has 0 aromatic rings. The van der Waals surface area contributed by atoms with Gasteiger partial charge in [-0.25, -0.2) is 0 Å². The van der Waals surface area contributed by atoms with E-state index >= 15 is 0 Å². The monoisotopic (exact) mass is 422 g/mol. The van der Waals surface area contributed by atoms with Gasteiger partial charge in [-0.15, -0.1) is 0 Å². The van der Waals surface area contributed by atoms with Crippen molar-refractivity contribution >= 4 is 17.6 Å². The lowest BCUT2D eigenvalue weighted by Gasteiger charge is -2.39. The zero-order valence-corrected chi connectivity index (χ0v) is 12.4. The molecular weight excluding hydrogens is 416 g/mol.